The molecular weight excluding hydrogens is 320 g/mol. The summed E-state index contributed by atoms with van der Waals surface area (Å²) in [6, 6.07) is 13.7. The number of rotatable bonds is 6. The molecule has 2 N–H and O–H groups in total. The summed E-state index contributed by atoms with van der Waals surface area (Å²) in [6.07, 6.45) is 1.57. The van der Waals surface area contributed by atoms with E-state index >= 15 is 0 Å². The minimum Gasteiger partial charge on any atom is -0.364 e. The second-order valence-electron chi connectivity index (χ2n) is 5.16. The number of anilines is 1. The molecule has 0 atom stereocenters. The van der Waals surface area contributed by atoms with Crippen LogP contribution in [0.2, 0.25) is 0 Å². The lowest BCUT2D eigenvalue weighted by molar-refractivity contribution is 0.0955. The fraction of sp³-hybridized carbons (Fsp3) is 0.167. The van der Waals surface area contributed by atoms with Gasteiger partial charge in [-0.05, 0) is 19.1 Å². The zero-order chi connectivity index (χ0) is 16.8. The number of aromatic nitrogens is 2. The zero-order valence-corrected chi connectivity index (χ0v) is 14.1. The van der Waals surface area contributed by atoms with Crippen molar-refractivity contribution < 1.29 is 4.79 Å². The quantitative estimate of drug-likeness (QED) is 0.721. The molecule has 0 bridgehead atoms. The zero-order valence-electron chi connectivity index (χ0n) is 13.3. The number of amides is 1. The molecule has 0 unspecified atom stereocenters. The molecule has 0 aliphatic rings. The molecule has 2 aromatic heterocycles. The summed E-state index contributed by atoms with van der Waals surface area (Å²) in [7, 11) is 0. The average molecular weight is 338 g/mol. The van der Waals surface area contributed by atoms with Crippen LogP contribution in [0.3, 0.4) is 0 Å². The third-order valence-corrected chi connectivity index (χ3v) is 4.33. The Hall–Kier alpha value is -2.73. The Bertz CT molecular complexity index is 799. The van der Waals surface area contributed by atoms with Gasteiger partial charge in [0.15, 0.2) is 0 Å². The summed E-state index contributed by atoms with van der Waals surface area (Å²) >= 11 is 1.63. The number of hydrogen-bond acceptors (Lipinski definition) is 5. The van der Waals surface area contributed by atoms with Crippen molar-refractivity contribution in [3.63, 3.8) is 0 Å². The van der Waals surface area contributed by atoms with Crippen LogP contribution in [0.25, 0.3) is 10.6 Å². The lowest BCUT2D eigenvalue weighted by atomic mass is 10.2. The Labute approximate surface area is 144 Å². The molecule has 0 aliphatic heterocycles. The van der Waals surface area contributed by atoms with Gasteiger partial charge in [-0.3, -0.25) is 4.79 Å². The number of nitrogens with zero attached hydrogens (tertiary/aromatic N) is 2. The van der Waals surface area contributed by atoms with Crippen LogP contribution in [0.15, 0.2) is 54.0 Å². The highest BCUT2D eigenvalue weighted by Crippen LogP contribution is 2.23. The second kappa shape index (κ2) is 7.70. The molecule has 1 aromatic carbocycles. The molecule has 6 heteroatoms. The summed E-state index contributed by atoms with van der Waals surface area (Å²) in [5.41, 5.74) is 2.65. The monoisotopic (exact) mass is 338 g/mol. The van der Waals surface area contributed by atoms with Crippen molar-refractivity contribution >= 4 is 23.1 Å². The minimum absolute atomic E-state index is 0.108. The van der Waals surface area contributed by atoms with E-state index < -0.39 is 0 Å². The second-order valence-corrected chi connectivity index (χ2v) is 6.01. The smallest absolute Gasteiger partial charge is 0.252 e. The van der Waals surface area contributed by atoms with E-state index in [0.29, 0.717) is 18.7 Å². The molecule has 5 nitrogen and oxygen atoms in total. The average Bonchev–Trinajstić information content (AvgIpc) is 3.10. The van der Waals surface area contributed by atoms with Gasteiger partial charge in [0.2, 0.25) is 0 Å². The van der Waals surface area contributed by atoms with E-state index in [1.54, 1.807) is 29.7 Å². The summed E-state index contributed by atoms with van der Waals surface area (Å²) in [5, 5.41) is 9.02. The van der Waals surface area contributed by atoms with E-state index in [1.807, 2.05) is 30.5 Å². The molecule has 122 valence electrons. The van der Waals surface area contributed by atoms with Gasteiger partial charge in [-0.15, -0.1) is 11.3 Å². The topological polar surface area (TPSA) is 66.9 Å². The minimum atomic E-state index is -0.108. The van der Waals surface area contributed by atoms with Crippen LogP contribution in [0.4, 0.5) is 5.82 Å². The van der Waals surface area contributed by atoms with Crippen molar-refractivity contribution in [2.24, 2.45) is 0 Å². The first-order valence-electron chi connectivity index (χ1n) is 7.74. The SMILES string of the molecule is CCNC(=O)c1ccc(NCc2csc(-c3ccccc3)n2)nc1. The number of nitrogens with one attached hydrogen (secondary N) is 2. The normalized spacial score (nSPS) is 10.4. The van der Waals surface area contributed by atoms with E-state index in [1.165, 1.54) is 0 Å². The molecule has 3 rings (SSSR count). The first-order valence-corrected chi connectivity index (χ1v) is 8.62. The van der Waals surface area contributed by atoms with E-state index in [4.69, 9.17) is 0 Å². The highest BCUT2D eigenvalue weighted by atomic mass is 32.1. The van der Waals surface area contributed by atoms with Crippen LogP contribution in [0, 0.1) is 0 Å². The first kappa shape index (κ1) is 16.1. The van der Waals surface area contributed by atoms with Crippen molar-refractivity contribution in [1.29, 1.82) is 0 Å². The van der Waals surface area contributed by atoms with Crippen LogP contribution < -0.4 is 10.6 Å². The van der Waals surface area contributed by atoms with Crippen LogP contribution >= 0.6 is 11.3 Å². The maximum Gasteiger partial charge on any atom is 0.252 e. The van der Waals surface area contributed by atoms with Gasteiger partial charge in [0.05, 0.1) is 17.8 Å². The van der Waals surface area contributed by atoms with Gasteiger partial charge < -0.3 is 10.6 Å². The van der Waals surface area contributed by atoms with Crippen molar-refractivity contribution in [2.45, 2.75) is 13.5 Å². The van der Waals surface area contributed by atoms with Crippen LogP contribution in [-0.4, -0.2) is 22.4 Å². The predicted molar refractivity (Wildman–Crippen MR) is 97.1 cm³/mol. The number of carbonyl (C=O) groups is 1. The van der Waals surface area contributed by atoms with Gasteiger partial charge in [-0.1, -0.05) is 30.3 Å². The summed E-state index contributed by atoms with van der Waals surface area (Å²) < 4.78 is 0. The number of thiazole rings is 1. The summed E-state index contributed by atoms with van der Waals surface area (Å²) in [6.45, 7) is 3.09. The fourth-order valence-corrected chi connectivity index (χ4v) is 3.00. The Balaban J connectivity index is 1.60. The van der Waals surface area contributed by atoms with Crippen molar-refractivity contribution in [2.75, 3.05) is 11.9 Å². The highest BCUT2D eigenvalue weighted by Gasteiger charge is 2.06. The molecule has 0 spiro atoms. The van der Waals surface area contributed by atoms with Gasteiger partial charge in [0, 0.05) is 23.7 Å². The number of carbonyl (C=O) groups excluding carboxylic acids is 1. The van der Waals surface area contributed by atoms with Gasteiger partial charge in [-0.2, -0.15) is 0 Å². The fourth-order valence-electron chi connectivity index (χ4n) is 2.18. The Morgan fingerprint density at radius 3 is 2.71 bits per heavy atom. The Morgan fingerprint density at radius 2 is 2.00 bits per heavy atom. The standard InChI is InChI=1S/C18H18N4OS/c1-2-19-17(23)14-8-9-16(20-10-14)21-11-15-12-24-18(22-15)13-6-4-3-5-7-13/h3-10,12H,2,11H2,1H3,(H,19,23)(H,20,21). The van der Waals surface area contributed by atoms with E-state index in [-0.39, 0.29) is 5.91 Å². The molecule has 1 amide bonds. The van der Waals surface area contributed by atoms with Gasteiger partial charge >= 0.3 is 0 Å². The lowest BCUT2D eigenvalue weighted by Gasteiger charge is -2.05. The molecular formula is C18H18N4OS. The third kappa shape index (κ3) is 3.97. The molecule has 0 fully saturated rings. The largest absolute Gasteiger partial charge is 0.364 e. The van der Waals surface area contributed by atoms with Crippen LogP contribution in [-0.2, 0) is 6.54 Å². The van der Waals surface area contributed by atoms with Crippen molar-refractivity contribution in [3.8, 4) is 10.6 Å². The Morgan fingerprint density at radius 1 is 1.17 bits per heavy atom. The van der Waals surface area contributed by atoms with E-state index in [2.05, 4.69) is 32.7 Å². The lowest BCUT2D eigenvalue weighted by Crippen LogP contribution is -2.22. The number of hydrogen-bond donors (Lipinski definition) is 2. The van der Waals surface area contributed by atoms with Crippen molar-refractivity contribution in [3.05, 3.63) is 65.3 Å². The maximum absolute atomic E-state index is 11.7. The molecule has 0 radical (unpaired) electrons. The van der Waals surface area contributed by atoms with Crippen molar-refractivity contribution in [1.82, 2.24) is 15.3 Å². The highest BCUT2D eigenvalue weighted by molar-refractivity contribution is 7.13. The molecule has 24 heavy (non-hydrogen) atoms. The first-order chi connectivity index (χ1) is 11.8. The maximum atomic E-state index is 11.7. The van der Waals surface area contributed by atoms with E-state index in [9.17, 15) is 4.79 Å². The molecule has 2 heterocycles. The summed E-state index contributed by atoms with van der Waals surface area (Å²) in [4.78, 5) is 20.6. The predicted octanol–water partition coefficient (Wildman–Crippen LogP) is 3.57. The third-order valence-electron chi connectivity index (χ3n) is 3.39. The van der Waals surface area contributed by atoms with Gasteiger partial charge in [0.1, 0.15) is 10.8 Å². The number of pyridine rings is 1. The molecule has 3 aromatic rings. The number of benzene rings is 1. The van der Waals surface area contributed by atoms with E-state index in [0.717, 1.165) is 22.1 Å². The van der Waals surface area contributed by atoms with Gasteiger partial charge in [-0.25, -0.2) is 9.97 Å². The molecule has 0 saturated carbocycles. The van der Waals surface area contributed by atoms with Crippen LogP contribution in [0.1, 0.15) is 23.0 Å². The molecule has 0 aliphatic carbocycles. The van der Waals surface area contributed by atoms with Crippen LogP contribution in [0.5, 0.6) is 0 Å². The molecule has 0 saturated heterocycles. The van der Waals surface area contributed by atoms with Gasteiger partial charge in [0.25, 0.3) is 5.91 Å². The Kier molecular flexibility index (Phi) is 5.18. The summed E-state index contributed by atoms with van der Waals surface area (Å²) in [5.74, 6) is 0.612.